The van der Waals surface area contributed by atoms with Crippen LogP contribution in [0.25, 0.3) is 0 Å². The maximum Gasteiger partial charge on any atom is 0.246 e. The lowest BCUT2D eigenvalue weighted by molar-refractivity contribution is -0.142. The third-order valence-electron chi connectivity index (χ3n) is 7.18. The van der Waals surface area contributed by atoms with Crippen molar-refractivity contribution in [2.75, 3.05) is 12.8 Å². The van der Waals surface area contributed by atoms with E-state index in [0.717, 1.165) is 31.4 Å². The van der Waals surface area contributed by atoms with Crippen molar-refractivity contribution in [2.45, 2.75) is 62.5 Å². The van der Waals surface area contributed by atoms with E-state index in [4.69, 9.17) is 5.73 Å². The number of thioether (sulfide) groups is 1. The van der Waals surface area contributed by atoms with Gasteiger partial charge in [-0.3, -0.25) is 14.4 Å². The molecule has 2 aliphatic heterocycles. The molecule has 0 saturated carbocycles. The van der Waals surface area contributed by atoms with Crippen LogP contribution in [0.15, 0.2) is 24.3 Å². The molecule has 2 fully saturated rings. The number of rotatable bonds is 5. The number of carbonyl (C=O) groups excluding carboxylic acids is 3. The van der Waals surface area contributed by atoms with Gasteiger partial charge in [0.05, 0.1) is 11.4 Å². The SMILES string of the molecule is CN[C@@H](C)C(=O)N[C@H]1CCS[C@H]2CC(C3CCc4ccccc4C3)[C@H](C(N)=O)N2C1=O. The smallest absolute Gasteiger partial charge is 0.246 e. The number of hydrogen-bond acceptors (Lipinski definition) is 5. The highest BCUT2D eigenvalue weighted by atomic mass is 32.2. The fraction of sp³-hybridized carbons (Fsp3) is 0.609. The summed E-state index contributed by atoms with van der Waals surface area (Å²) in [5.41, 5.74) is 8.61. The third kappa shape index (κ3) is 4.32. The quantitative estimate of drug-likeness (QED) is 0.630. The topological polar surface area (TPSA) is 105 Å². The van der Waals surface area contributed by atoms with Crippen molar-refractivity contribution in [1.82, 2.24) is 15.5 Å². The minimum Gasteiger partial charge on any atom is -0.368 e. The van der Waals surface area contributed by atoms with Crippen LogP contribution in [0.4, 0.5) is 0 Å². The van der Waals surface area contributed by atoms with Gasteiger partial charge >= 0.3 is 0 Å². The van der Waals surface area contributed by atoms with Crippen LogP contribution in [0.1, 0.15) is 37.3 Å². The van der Waals surface area contributed by atoms with Crippen LogP contribution in [-0.2, 0) is 27.2 Å². The summed E-state index contributed by atoms with van der Waals surface area (Å²) in [4.78, 5) is 40.2. The van der Waals surface area contributed by atoms with Gasteiger partial charge in [0.15, 0.2) is 0 Å². The van der Waals surface area contributed by atoms with Gasteiger partial charge < -0.3 is 21.3 Å². The molecule has 6 atom stereocenters. The van der Waals surface area contributed by atoms with E-state index in [1.165, 1.54) is 11.1 Å². The lowest BCUT2D eigenvalue weighted by atomic mass is 9.74. The van der Waals surface area contributed by atoms with E-state index in [1.54, 1.807) is 30.6 Å². The van der Waals surface area contributed by atoms with Gasteiger partial charge in [-0.25, -0.2) is 0 Å². The molecule has 7 nitrogen and oxygen atoms in total. The van der Waals surface area contributed by atoms with E-state index in [2.05, 4.69) is 34.9 Å². The summed E-state index contributed by atoms with van der Waals surface area (Å²) < 4.78 is 0. The van der Waals surface area contributed by atoms with Crippen LogP contribution in [0.3, 0.4) is 0 Å². The maximum atomic E-state index is 13.5. The molecule has 2 unspecified atom stereocenters. The van der Waals surface area contributed by atoms with Gasteiger partial charge in [-0.15, -0.1) is 11.8 Å². The zero-order chi connectivity index (χ0) is 22.1. The second-order valence-electron chi connectivity index (χ2n) is 8.95. The van der Waals surface area contributed by atoms with Crippen LogP contribution in [0.5, 0.6) is 0 Å². The molecule has 1 aromatic rings. The fourth-order valence-corrected chi connectivity index (χ4v) is 6.76. The first kappa shape index (κ1) is 22.1. The molecule has 0 spiro atoms. The Morgan fingerprint density at radius 3 is 2.68 bits per heavy atom. The molecule has 0 aromatic heterocycles. The molecule has 8 heteroatoms. The van der Waals surface area contributed by atoms with Crippen LogP contribution in [0.2, 0.25) is 0 Å². The van der Waals surface area contributed by atoms with Crippen LogP contribution < -0.4 is 16.4 Å². The average molecular weight is 445 g/mol. The average Bonchev–Trinajstić information content (AvgIpc) is 3.09. The number of benzene rings is 1. The lowest BCUT2D eigenvalue weighted by Gasteiger charge is -2.34. The second kappa shape index (κ2) is 9.20. The zero-order valence-electron chi connectivity index (χ0n) is 18.2. The van der Waals surface area contributed by atoms with Gasteiger partial charge in [0.1, 0.15) is 12.1 Å². The van der Waals surface area contributed by atoms with E-state index in [0.29, 0.717) is 12.3 Å². The first-order valence-electron chi connectivity index (χ1n) is 11.2. The lowest BCUT2D eigenvalue weighted by Crippen LogP contribution is -2.56. The molecular weight excluding hydrogens is 412 g/mol. The number of fused-ring (bicyclic) bond motifs is 2. The summed E-state index contributed by atoms with van der Waals surface area (Å²) in [5.74, 6) is 0.324. The van der Waals surface area contributed by atoms with Gasteiger partial charge in [0.2, 0.25) is 17.7 Å². The Bertz CT molecular complexity index is 863. The molecule has 3 amide bonds. The standard InChI is InChI=1S/C23H32N4O3S/c1-13(25-2)22(29)26-18-9-10-31-19-12-17(20(21(24)28)27(19)23(18)30)16-8-7-14-5-3-4-6-15(14)11-16/h3-6,13,16-20,25H,7-12H2,1-2H3,(H2,24,28)(H,26,29)/t13-,16?,17?,18-,19-,20+/m0/s1. The Morgan fingerprint density at radius 1 is 1.23 bits per heavy atom. The highest BCUT2D eigenvalue weighted by Gasteiger charge is 2.52. The van der Waals surface area contributed by atoms with E-state index in [9.17, 15) is 14.4 Å². The third-order valence-corrected chi connectivity index (χ3v) is 8.46. The Labute approximate surface area is 187 Å². The number of amides is 3. The van der Waals surface area contributed by atoms with E-state index >= 15 is 0 Å². The number of likely N-dealkylation sites (N-methyl/N-ethyl adjacent to an activating group) is 1. The predicted octanol–water partition coefficient (Wildman–Crippen LogP) is 1.05. The van der Waals surface area contributed by atoms with Crippen molar-refractivity contribution in [2.24, 2.45) is 17.6 Å². The molecule has 4 N–H and O–H groups in total. The second-order valence-corrected chi connectivity index (χ2v) is 10.2. The van der Waals surface area contributed by atoms with E-state index in [1.807, 2.05) is 0 Å². The van der Waals surface area contributed by atoms with Crippen LogP contribution >= 0.6 is 11.8 Å². The molecule has 1 aromatic carbocycles. The largest absolute Gasteiger partial charge is 0.368 e. The number of carbonyl (C=O) groups is 3. The molecular formula is C23H32N4O3S. The minimum atomic E-state index is -0.617. The van der Waals surface area contributed by atoms with Crippen molar-refractivity contribution in [3.8, 4) is 0 Å². The Balaban J connectivity index is 1.55. The van der Waals surface area contributed by atoms with Gasteiger partial charge in [0.25, 0.3) is 0 Å². The van der Waals surface area contributed by atoms with Crippen molar-refractivity contribution in [1.29, 1.82) is 0 Å². The van der Waals surface area contributed by atoms with Crippen molar-refractivity contribution >= 4 is 29.5 Å². The normalized spacial score (nSPS) is 31.4. The number of aryl methyl sites for hydroxylation is 1. The van der Waals surface area contributed by atoms with Crippen molar-refractivity contribution in [3.05, 3.63) is 35.4 Å². The summed E-state index contributed by atoms with van der Waals surface area (Å²) in [7, 11) is 1.71. The Kier molecular flexibility index (Phi) is 6.57. The Hall–Kier alpha value is -2.06. The molecule has 1 aliphatic carbocycles. The van der Waals surface area contributed by atoms with Gasteiger partial charge in [-0.05, 0) is 74.8 Å². The zero-order valence-corrected chi connectivity index (χ0v) is 19.0. The molecule has 0 bridgehead atoms. The highest BCUT2D eigenvalue weighted by Crippen LogP contribution is 2.45. The van der Waals surface area contributed by atoms with Crippen molar-refractivity contribution in [3.63, 3.8) is 0 Å². The number of nitrogens with two attached hydrogens (primary N) is 1. The van der Waals surface area contributed by atoms with E-state index < -0.39 is 18.0 Å². The summed E-state index contributed by atoms with van der Waals surface area (Å²) >= 11 is 1.71. The van der Waals surface area contributed by atoms with Crippen LogP contribution in [-0.4, -0.2) is 58.9 Å². The summed E-state index contributed by atoms with van der Waals surface area (Å²) in [6, 6.07) is 6.87. The molecule has 168 valence electrons. The first-order valence-corrected chi connectivity index (χ1v) is 12.2. The van der Waals surface area contributed by atoms with Crippen LogP contribution in [0, 0.1) is 11.8 Å². The van der Waals surface area contributed by atoms with E-state index in [-0.39, 0.29) is 29.1 Å². The number of nitrogens with zero attached hydrogens (tertiary/aromatic N) is 1. The minimum absolute atomic E-state index is 0.0537. The molecule has 0 radical (unpaired) electrons. The summed E-state index contributed by atoms with van der Waals surface area (Å²) in [6.45, 7) is 1.76. The summed E-state index contributed by atoms with van der Waals surface area (Å²) in [5, 5.41) is 5.72. The molecule has 3 aliphatic rings. The first-order chi connectivity index (χ1) is 14.9. The number of nitrogens with one attached hydrogen (secondary N) is 2. The fourth-order valence-electron chi connectivity index (χ4n) is 5.36. The molecule has 2 heterocycles. The Morgan fingerprint density at radius 2 is 1.97 bits per heavy atom. The number of primary amides is 1. The predicted molar refractivity (Wildman–Crippen MR) is 121 cm³/mol. The maximum absolute atomic E-state index is 13.5. The molecule has 4 rings (SSSR count). The van der Waals surface area contributed by atoms with Gasteiger partial charge in [-0.1, -0.05) is 24.3 Å². The van der Waals surface area contributed by atoms with Gasteiger partial charge in [0, 0.05) is 0 Å². The number of hydrogen-bond donors (Lipinski definition) is 3. The monoisotopic (exact) mass is 444 g/mol. The van der Waals surface area contributed by atoms with Crippen molar-refractivity contribution < 1.29 is 14.4 Å². The molecule has 31 heavy (non-hydrogen) atoms. The summed E-state index contributed by atoms with van der Waals surface area (Å²) in [6.07, 6.45) is 4.26. The molecule has 2 saturated heterocycles. The highest BCUT2D eigenvalue weighted by molar-refractivity contribution is 7.99. The van der Waals surface area contributed by atoms with Gasteiger partial charge in [-0.2, -0.15) is 0 Å².